The number of hydrogen-bond acceptors (Lipinski definition) is 7. The molecule has 1 atom stereocenters. The first-order valence-electron chi connectivity index (χ1n) is 11.7. The van der Waals surface area contributed by atoms with Crippen LogP contribution in [0.4, 0.5) is 16.2 Å². The average molecular weight is 471 g/mol. The summed E-state index contributed by atoms with van der Waals surface area (Å²) in [7, 11) is 0. The number of H-pyrrole nitrogens is 1. The Hall–Kier alpha value is -2.43. The van der Waals surface area contributed by atoms with Crippen LogP contribution in [0.25, 0.3) is 11.0 Å². The first-order chi connectivity index (χ1) is 16.1. The van der Waals surface area contributed by atoms with Gasteiger partial charge >= 0.3 is 0 Å². The number of rotatable bonds is 4. The van der Waals surface area contributed by atoms with Crippen molar-refractivity contribution >= 4 is 34.0 Å². The van der Waals surface area contributed by atoms with Gasteiger partial charge in [0.25, 0.3) is 0 Å². The fourth-order valence-corrected chi connectivity index (χ4v) is 6.32. The molecule has 3 aromatic rings. The Bertz CT molecular complexity index is 1160. The van der Waals surface area contributed by atoms with Gasteiger partial charge in [-0.2, -0.15) is 4.98 Å². The molecule has 8 nitrogen and oxygen atoms in total. The molecule has 2 aromatic heterocycles. The minimum absolute atomic E-state index is 0.268. The van der Waals surface area contributed by atoms with E-state index in [2.05, 4.69) is 20.2 Å². The number of aromatic amines is 1. The molecule has 5 heterocycles. The van der Waals surface area contributed by atoms with E-state index in [0.29, 0.717) is 23.1 Å². The molecule has 2 N–H and O–H groups in total. The van der Waals surface area contributed by atoms with Gasteiger partial charge in [0.1, 0.15) is 23.1 Å². The van der Waals surface area contributed by atoms with E-state index in [-0.39, 0.29) is 11.9 Å². The molecule has 10 heteroatoms. The lowest BCUT2D eigenvalue weighted by atomic mass is 9.96. The van der Waals surface area contributed by atoms with Crippen LogP contribution in [0.2, 0.25) is 0 Å². The Kier molecular flexibility index (Phi) is 5.59. The van der Waals surface area contributed by atoms with Gasteiger partial charge in [-0.3, -0.25) is 0 Å². The molecular weight excluding hydrogens is 443 g/mol. The molecule has 6 rings (SSSR count). The van der Waals surface area contributed by atoms with Crippen LogP contribution in [-0.4, -0.2) is 62.6 Å². The fourth-order valence-electron chi connectivity index (χ4n) is 5.00. The van der Waals surface area contributed by atoms with Gasteiger partial charge in [-0.05, 0) is 49.0 Å². The molecule has 1 unspecified atom stereocenters. The maximum atomic E-state index is 13.5. The number of ether oxygens (including phenoxy) is 1. The molecule has 2 saturated heterocycles. The Balaban J connectivity index is 1.20. The van der Waals surface area contributed by atoms with Crippen LogP contribution in [0.1, 0.15) is 43.1 Å². The lowest BCUT2D eigenvalue weighted by Gasteiger charge is -2.32. The smallest absolute Gasteiger partial charge is 0.227 e. The van der Waals surface area contributed by atoms with Crippen LogP contribution in [0.5, 0.6) is 0 Å². The quantitative estimate of drug-likeness (QED) is 0.565. The van der Waals surface area contributed by atoms with Crippen LogP contribution in [0.15, 0.2) is 23.1 Å². The van der Waals surface area contributed by atoms with Crippen LogP contribution in [0.3, 0.4) is 0 Å². The zero-order chi connectivity index (χ0) is 22.4. The van der Waals surface area contributed by atoms with Crippen LogP contribution in [0, 0.1) is 5.82 Å². The summed E-state index contributed by atoms with van der Waals surface area (Å²) >= 11 is -1.04. The molecular formula is C23H27FN6O2S. The predicted octanol–water partition coefficient (Wildman–Crippen LogP) is 3.13. The van der Waals surface area contributed by atoms with Crippen molar-refractivity contribution in [1.29, 1.82) is 0 Å². The number of nitrogens with zero attached hydrogens (tertiary/aromatic N) is 4. The SMILES string of the molecule is [O-][S+]1CCc2nc(N3CCC(c4nc5cc(F)ccc5[nH]4)CC3)nc(NC3CCOCC3)c21. The van der Waals surface area contributed by atoms with Crippen molar-refractivity contribution in [1.82, 2.24) is 19.9 Å². The molecule has 0 saturated carbocycles. The molecule has 2 fully saturated rings. The monoisotopic (exact) mass is 470 g/mol. The molecule has 3 aliphatic heterocycles. The molecule has 0 amide bonds. The summed E-state index contributed by atoms with van der Waals surface area (Å²) in [5.74, 6) is 3.01. The van der Waals surface area contributed by atoms with E-state index in [0.717, 1.165) is 86.2 Å². The first-order valence-corrected chi connectivity index (χ1v) is 13.0. The molecule has 1 aromatic carbocycles. The number of halogens is 1. The summed E-state index contributed by atoms with van der Waals surface area (Å²) in [5, 5.41) is 3.55. The Labute approximate surface area is 194 Å². The van der Waals surface area contributed by atoms with Crippen LogP contribution >= 0.6 is 0 Å². The highest BCUT2D eigenvalue weighted by Gasteiger charge is 2.34. The maximum absolute atomic E-state index is 13.5. The van der Waals surface area contributed by atoms with Crippen LogP contribution < -0.4 is 10.2 Å². The highest BCUT2D eigenvalue weighted by Crippen LogP contribution is 2.35. The van der Waals surface area contributed by atoms with Gasteiger partial charge in [-0.25, -0.2) is 14.4 Å². The lowest BCUT2D eigenvalue weighted by Crippen LogP contribution is -2.35. The minimum atomic E-state index is -1.04. The maximum Gasteiger partial charge on any atom is 0.227 e. The van der Waals surface area contributed by atoms with Crippen molar-refractivity contribution in [2.45, 2.75) is 49.0 Å². The summed E-state index contributed by atoms with van der Waals surface area (Å²) in [5.41, 5.74) is 2.45. The van der Waals surface area contributed by atoms with E-state index >= 15 is 0 Å². The number of aryl methyl sites for hydroxylation is 1. The van der Waals surface area contributed by atoms with E-state index in [1.807, 2.05) is 0 Å². The van der Waals surface area contributed by atoms with Gasteiger partial charge in [-0.1, -0.05) is 0 Å². The summed E-state index contributed by atoms with van der Waals surface area (Å²) in [4.78, 5) is 20.7. The van der Waals surface area contributed by atoms with Crippen molar-refractivity contribution in [3.8, 4) is 0 Å². The topological polar surface area (TPSA) is 102 Å². The van der Waals surface area contributed by atoms with E-state index in [1.54, 1.807) is 6.07 Å². The Morgan fingerprint density at radius 2 is 1.94 bits per heavy atom. The number of aromatic nitrogens is 4. The van der Waals surface area contributed by atoms with Gasteiger partial charge in [0, 0.05) is 50.8 Å². The van der Waals surface area contributed by atoms with Crippen LogP contribution in [-0.2, 0) is 22.3 Å². The third-order valence-electron chi connectivity index (χ3n) is 6.87. The zero-order valence-corrected chi connectivity index (χ0v) is 19.2. The highest BCUT2D eigenvalue weighted by atomic mass is 32.2. The number of benzene rings is 1. The Morgan fingerprint density at radius 3 is 2.76 bits per heavy atom. The van der Waals surface area contributed by atoms with E-state index < -0.39 is 11.2 Å². The molecule has 0 spiro atoms. The normalized spacial score (nSPS) is 22.1. The number of imidazole rings is 1. The summed E-state index contributed by atoms with van der Waals surface area (Å²) in [6.45, 7) is 3.11. The molecule has 3 aliphatic rings. The van der Waals surface area contributed by atoms with Gasteiger partial charge < -0.3 is 24.5 Å². The third-order valence-corrected chi connectivity index (χ3v) is 8.33. The molecule has 33 heavy (non-hydrogen) atoms. The van der Waals surface area contributed by atoms with Gasteiger partial charge in [0.15, 0.2) is 5.82 Å². The summed E-state index contributed by atoms with van der Waals surface area (Å²) in [6, 6.07) is 4.95. The zero-order valence-electron chi connectivity index (χ0n) is 18.3. The van der Waals surface area contributed by atoms with Crippen molar-refractivity contribution in [2.24, 2.45) is 0 Å². The van der Waals surface area contributed by atoms with Crippen molar-refractivity contribution in [3.63, 3.8) is 0 Å². The summed E-state index contributed by atoms with van der Waals surface area (Å²) < 4.78 is 31.6. The van der Waals surface area contributed by atoms with E-state index in [1.165, 1.54) is 12.1 Å². The summed E-state index contributed by atoms with van der Waals surface area (Å²) in [6.07, 6.45) is 4.40. The molecule has 0 bridgehead atoms. The highest BCUT2D eigenvalue weighted by molar-refractivity contribution is 7.91. The van der Waals surface area contributed by atoms with Crippen molar-refractivity contribution in [3.05, 3.63) is 35.5 Å². The Morgan fingerprint density at radius 1 is 1.12 bits per heavy atom. The van der Waals surface area contributed by atoms with Gasteiger partial charge in [-0.15, -0.1) is 0 Å². The average Bonchev–Trinajstić information content (AvgIpc) is 3.43. The number of nitrogens with one attached hydrogen (secondary N) is 2. The fraction of sp³-hybridized carbons (Fsp3) is 0.522. The standard InChI is InChI=1S/C23H27FN6O2S/c24-15-1-2-17-19(13-15)27-21(26-17)14-3-8-30(9-4-14)23-28-18-7-12-33(31)20(18)22(29-23)25-16-5-10-32-11-6-16/h1-2,13-14,16H,3-12H2,(H,26,27)(H,25,28,29). The molecule has 0 aliphatic carbocycles. The predicted molar refractivity (Wildman–Crippen MR) is 125 cm³/mol. The number of fused-ring (bicyclic) bond motifs is 2. The van der Waals surface area contributed by atoms with E-state index in [4.69, 9.17) is 14.7 Å². The number of hydrogen-bond donors (Lipinski definition) is 2. The second kappa shape index (κ2) is 8.73. The third kappa shape index (κ3) is 4.15. The minimum Gasteiger partial charge on any atom is -0.611 e. The second-order valence-electron chi connectivity index (χ2n) is 9.02. The largest absolute Gasteiger partial charge is 0.611 e. The van der Waals surface area contributed by atoms with Crippen molar-refractivity contribution in [2.75, 3.05) is 42.3 Å². The second-order valence-corrected chi connectivity index (χ2v) is 10.5. The molecule has 0 radical (unpaired) electrons. The van der Waals surface area contributed by atoms with Crippen molar-refractivity contribution < 1.29 is 13.7 Å². The van der Waals surface area contributed by atoms with Gasteiger partial charge in [0.2, 0.25) is 10.8 Å². The number of anilines is 2. The van der Waals surface area contributed by atoms with E-state index in [9.17, 15) is 8.94 Å². The first kappa shape index (κ1) is 21.1. The molecule has 174 valence electrons. The lowest BCUT2D eigenvalue weighted by molar-refractivity contribution is 0.0903. The number of piperidine rings is 1. The van der Waals surface area contributed by atoms with Gasteiger partial charge in [0.05, 0.1) is 11.0 Å².